The number of nitrogens with one attached hydrogen (secondary N) is 2. The average molecular weight is 412 g/mol. The van der Waals surface area contributed by atoms with Crippen molar-refractivity contribution >= 4 is 29.0 Å². The molecule has 1 fully saturated rings. The number of anilines is 2. The molecule has 1 saturated carbocycles. The minimum absolute atomic E-state index is 0.00426. The second-order valence-corrected chi connectivity index (χ2v) is 7.55. The largest absolute Gasteiger partial charge is 0.497 e. The Balaban J connectivity index is 1.64. The third kappa shape index (κ3) is 4.86. The van der Waals surface area contributed by atoms with Gasteiger partial charge in [-0.25, -0.2) is 4.68 Å². The van der Waals surface area contributed by atoms with Gasteiger partial charge >= 0.3 is 0 Å². The van der Waals surface area contributed by atoms with Crippen LogP contribution in [0.2, 0.25) is 5.02 Å². The van der Waals surface area contributed by atoms with E-state index in [0.29, 0.717) is 22.6 Å². The molecule has 0 aliphatic heterocycles. The van der Waals surface area contributed by atoms with Crippen molar-refractivity contribution < 1.29 is 9.53 Å². The summed E-state index contributed by atoms with van der Waals surface area (Å²) in [6.45, 7) is 1.92. The summed E-state index contributed by atoms with van der Waals surface area (Å²) in [6, 6.07) is 11.4. The first-order valence-electron chi connectivity index (χ1n) is 9.43. The van der Waals surface area contributed by atoms with Crippen LogP contribution in [0.1, 0.15) is 24.2 Å². The number of methoxy groups -OCH3 is 1. The van der Waals surface area contributed by atoms with Crippen molar-refractivity contribution in [2.45, 2.75) is 32.2 Å². The van der Waals surface area contributed by atoms with Crippen LogP contribution in [0.15, 0.2) is 42.6 Å². The van der Waals surface area contributed by atoms with Gasteiger partial charge in [0.25, 0.3) is 0 Å². The minimum atomic E-state index is -0.00426. The molecule has 0 saturated heterocycles. The van der Waals surface area contributed by atoms with Crippen molar-refractivity contribution in [1.29, 1.82) is 0 Å². The first-order valence-corrected chi connectivity index (χ1v) is 9.81. The smallest absolute Gasteiger partial charge is 0.226 e. The van der Waals surface area contributed by atoms with E-state index in [1.54, 1.807) is 30.1 Å². The lowest BCUT2D eigenvalue weighted by atomic mass is 10.2. The van der Waals surface area contributed by atoms with Crippen LogP contribution in [-0.2, 0) is 11.2 Å². The SMILES string of the molecule is COc1cc(Cl)cc(Nc2cc(CC(=O)NC3CC3)n(-c3ccnc(C)c3)n2)c1. The van der Waals surface area contributed by atoms with Crippen LogP contribution in [0.25, 0.3) is 5.69 Å². The molecule has 0 bridgehead atoms. The normalized spacial score (nSPS) is 13.2. The second kappa shape index (κ2) is 8.13. The highest BCUT2D eigenvalue weighted by Gasteiger charge is 2.24. The Bertz CT molecular complexity index is 1050. The van der Waals surface area contributed by atoms with E-state index in [4.69, 9.17) is 16.3 Å². The van der Waals surface area contributed by atoms with Crippen molar-refractivity contribution in [1.82, 2.24) is 20.1 Å². The fraction of sp³-hybridized carbons (Fsp3) is 0.286. The lowest BCUT2D eigenvalue weighted by Crippen LogP contribution is -2.27. The standard InChI is InChI=1S/C21H22ClN5O2/c1-13-7-17(5-6-23-13)27-18(12-21(28)25-15-3-4-15)11-20(26-27)24-16-8-14(22)9-19(10-16)29-2/h5-11,15H,3-4,12H2,1-2H3,(H,24,26)(H,25,28). The van der Waals surface area contributed by atoms with Crippen LogP contribution in [0.5, 0.6) is 5.75 Å². The van der Waals surface area contributed by atoms with Crippen molar-refractivity contribution in [2.24, 2.45) is 0 Å². The number of carbonyl (C=O) groups is 1. The number of carbonyl (C=O) groups excluding carboxylic acids is 1. The van der Waals surface area contributed by atoms with Crippen molar-refractivity contribution in [3.63, 3.8) is 0 Å². The predicted octanol–water partition coefficient (Wildman–Crippen LogP) is 3.80. The molecule has 7 nitrogen and oxygen atoms in total. The summed E-state index contributed by atoms with van der Waals surface area (Å²) >= 11 is 6.16. The predicted molar refractivity (Wildman–Crippen MR) is 112 cm³/mol. The molecule has 8 heteroatoms. The lowest BCUT2D eigenvalue weighted by Gasteiger charge is -2.08. The van der Waals surface area contributed by atoms with Crippen LogP contribution in [0.4, 0.5) is 11.5 Å². The van der Waals surface area contributed by atoms with Gasteiger partial charge in [0.15, 0.2) is 5.82 Å². The summed E-state index contributed by atoms with van der Waals surface area (Å²) < 4.78 is 7.04. The van der Waals surface area contributed by atoms with Gasteiger partial charge in [0, 0.05) is 40.8 Å². The van der Waals surface area contributed by atoms with E-state index in [2.05, 4.69) is 20.7 Å². The quantitative estimate of drug-likeness (QED) is 0.618. The van der Waals surface area contributed by atoms with Crippen LogP contribution in [0.3, 0.4) is 0 Å². The topological polar surface area (TPSA) is 81.1 Å². The number of amides is 1. The summed E-state index contributed by atoms with van der Waals surface area (Å²) in [5, 5.41) is 11.5. The number of hydrogen-bond acceptors (Lipinski definition) is 5. The Morgan fingerprint density at radius 3 is 2.83 bits per heavy atom. The second-order valence-electron chi connectivity index (χ2n) is 7.11. The molecule has 1 aromatic carbocycles. The summed E-state index contributed by atoms with van der Waals surface area (Å²) in [5.41, 5.74) is 3.26. The molecule has 0 unspecified atom stereocenters. The number of hydrogen-bond donors (Lipinski definition) is 2. The van der Waals surface area contributed by atoms with E-state index in [0.717, 1.165) is 35.6 Å². The molecule has 29 heavy (non-hydrogen) atoms. The molecule has 1 aliphatic rings. The Morgan fingerprint density at radius 2 is 2.10 bits per heavy atom. The fourth-order valence-corrected chi connectivity index (χ4v) is 3.29. The monoisotopic (exact) mass is 411 g/mol. The zero-order chi connectivity index (χ0) is 20.4. The maximum Gasteiger partial charge on any atom is 0.226 e. The Hall–Kier alpha value is -3.06. The summed E-state index contributed by atoms with van der Waals surface area (Å²) in [6.07, 6.45) is 4.08. The van der Waals surface area contributed by atoms with E-state index in [1.807, 2.05) is 31.2 Å². The van der Waals surface area contributed by atoms with Crippen LogP contribution in [0, 0.1) is 6.92 Å². The molecule has 2 heterocycles. The number of nitrogens with zero attached hydrogens (tertiary/aromatic N) is 3. The number of benzene rings is 1. The van der Waals surface area contributed by atoms with Crippen LogP contribution < -0.4 is 15.4 Å². The van der Waals surface area contributed by atoms with Crippen LogP contribution in [-0.4, -0.2) is 33.8 Å². The Labute approximate surface area is 174 Å². The number of halogens is 1. The van der Waals surface area contributed by atoms with Gasteiger partial charge in [0.05, 0.1) is 24.9 Å². The molecule has 3 aromatic rings. The average Bonchev–Trinajstić information content (AvgIpc) is 3.40. The van der Waals surface area contributed by atoms with Crippen molar-refractivity contribution in [3.8, 4) is 11.4 Å². The molecular weight excluding hydrogens is 390 g/mol. The molecule has 4 rings (SSSR count). The van der Waals surface area contributed by atoms with E-state index in [9.17, 15) is 4.79 Å². The summed E-state index contributed by atoms with van der Waals surface area (Å²) in [4.78, 5) is 16.6. The van der Waals surface area contributed by atoms with Gasteiger partial charge in [-0.1, -0.05) is 11.6 Å². The fourth-order valence-electron chi connectivity index (χ4n) is 3.06. The van der Waals surface area contributed by atoms with Gasteiger partial charge < -0.3 is 15.4 Å². The van der Waals surface area contributed by atoms with Gasteiger partial charge in [-0.15, -0.1) is 5.10 Å². The summed E-state index contributed by atoms with van der Waals surface area (Å²) in [5.74, 6) is 1.25. The molecule has 1 aliphatic carbocycles. The minimum Gasteiger partial charge on any atom is -0.497 e. The third-order valence-electron chi connectivity index (χ3n) is 4.57. The zero-order valence-electron chi connectivity index (χ0n) is 16.3. The molecular formula is C21H22ClN5O2. The van der Waals surface area contributed by atoms with Gasteiger partial charge in [-0.2, -0.15) is 0 Å². The van der Waals surface area contributed by atoms with E-state index in [1.165, 1.54) is 0 Å². The molecule has 0 atom stereocenters. The number of ether oxygens (including phenoxy) is 1. The van der Waals surface area contributed by atoms with Gasteiger partial charge in [0.2, 0.25) is 5.91 Å². The highest BCUT2D eigenvalue weighted by Crippen LogP contribution is 2.27. The maximum atomic E-state index is 12.4. The Kier molecular flexibility index (Phi) is 5.40. The number of aryl methyl sites for hydroxylation is 1. The molecule has 0 radical (unpaired) electrons. The molecule has 0 spiro atoms. The highest BCUT2D eigenvalue weighted by atomic mass is 35.5. The lowest BCUT2D eigenvalue weighted by molar-refractivity contribution is -0.120. The van der Waals surface area contributed by atoms with E-state index in [-0.39, 0.29) is 12.3 Å². The van der Waals surface area contributed by atoms with Crippen molar-refractivity contribution in [2.75, 3.05) is 12.4 Å². The third-order valence-corrected chi connectivity index (χ3v) is 4.79. The molecule has 2 N–H and O–H groups in total. The Morgan fingerprint density at radius 1 is 1.28 bits per heavy atom. The molecule has 150 valence electrons. The summed E-state index contributed by atoms with van der Waals surface area (Å²) in [7, 11) is 1.59. The molecule has 1 amide bonds. The highest BCUT2D eigenvalue weighted by molar-refractivity contribution is 6.31. The van der Waals surface area contributed by atoms with Gasteiger partial charge in [-0.3, -0.25) is 9.78 Å². The number of pyridine rings is 1. The zero-order valence-corrected chi connectivity index (χ0v) is 17.0. The van der Waals surface area contributed by atoms with Crippen LogP contribution >= 0.6 is 11.6 Å². The first-order chi connectivity index (χ1) is 14.0. The molecule has 2 aromatic heterocycles. The van der Waals surface area contributed by atoms with Crippen molar-refractivity contribution in [3.05, 3.63) is 59.0 Å². The van der Waals surface area contributed by atoms with Gasteiger partial charge in [-0.05, 0) is 44.0 Å². The first kappa shape index (κ1) is 19.3. The van der Waals surface area contributed by atoms with E-state index < -0.39 is 0 Å². The van der Waals surface area contributed by atoms with Gasteiger partial charge in [0.1, 0.15) is 5.75 Å². The number of aromatic nitrogens is 3. The maximum absolute atomic E-state index is 12.4. The van der Waals surface area contributed by atoms with E-state index >= 15 is 0 Å². The number of rotatable bonds is 7.